The van der Waals surface area contributed by atoms with E-state index in [1.165, 1.54) is 0 Å². The minimum Gasteiger partial charge on any atom is -0.480 e. The lowest BCUT2D eigenvalue weighted by Gasteiger charge is -2.15. The van der Waals surface area contributed by atoms with E-state index in [1.54, 1.807) is 6.07 Å². The molecule has 0 bridgehead atoms. The Morgan fingerprint density at radius 3 is 2.39 bits per heavy atom. The fourth-order valence-electron chi connectivity index (χ4n) is 1.99. The lowest BCUT2D eigenvalue weighted by Crippen LogP contribution is -2.42. The number of hydrogen-bond donors (Lipinski definition) is 2. The van der Waals surface area contributed by atoms with Crippen LogP contribution in [0.15, 0.2) is 59.1 Å². The molecule has 2 aromatic carbocycles. The molecule has 0 spiro atoms. The Balaban J connectivity index is 1.92. The number of nitrogens with one attached hydrogen (secondary N) is 1. The van der Waals surface area contributed by atoms with E-state index < -0.39 is 18.1 Å². The predicted octanol–water partition coefficient (Wildman–Crippen LogP) is 3.37. The zero-order valence-corrected chi connectivity index (χ0v) is 13.8. The number of hydrogen-bond acceptors (Lipinski definition) is 3. The summed E-state index contributed by atoms with van der Waals surface area (Å²) in [4.78, 5) is 23.1. The first-order valence-corrected chi connectivity index (χ1v) is 7.79. The molecule has 0 saturated heterocycles. The molecule has 23 heavy (non-hydrogen) atoms. The van der Waals surface area contributed by atoms with Crippen LogP contribution >= 0.6 is 15.9 Å². The topological polar surface area (TPSA) is 75.6 Å². The van der Waals surface area contributed by atoms with Gasteiger partial charge in [0.1, 0.15) is 12.6 Å². The van der Waals surface area contributed by atoms with Gasteiger partial charge in [-0.25, -0.2) is 9.59 Å². The minimum absolute atomic E-state index is 0.0913. The second kappa shape index (κ2) is 8.33. The third-order valence-electron chi connectivity index (χ3n) is 3.18. The quantitative estimate of drug-likeness (QED) is 0.808. The van der Waals surface area contributed by atoms with Crippen molar-refractivity contribution in [1.82, 2.24) is 5.32 Å². The standard InChI is InChI=1S/C17H16BrNO4/c18-14-9-5-4-8-13(14)10-15(16(20)21)19-17(22)23-11-12-6-2-1-3-7-12/h1-9,15H,10-11H2,(H,19,22)(H,20,21). The molecule has 2 rings (SSSR count). The Kier molecular flexibility index (Phi) is 6.17. The lowest BCUT2D eigenvalue weighted by molar-refractivity contribution is -0.139. The summed E-state index contributed by atoms with van der Waals surface area (Å²) in [6.45, 7) is 0.0913. The number of carboxylic acids is 1. The molecular formula is C17H16BrNO4. The van der Waals surface area contributed by atoms with Crippen molar-refractivity contribution in [3.8, 4) is 0 Å². The molecule has 0 radical (unpaired) electrons. The maximum atomic E-state index is 11.8. The Morgan fingerprint density at radius 2 is 1.74 bits per heavy atom. The van der Waals surface area contributed by atoms with E-state index >= 15 is 0 Å². The predicted molar refractivity (Wildman–Crippen MR) is 89.0 cm³/mol. The molecule has 0 aromatic heterocycles. The summed E-state index contributed by atoms with van der Waals surface area (Å²) in [5.74, 6) is -1.11. The van der Waals surface area contributed by atoms with E-state index in [0.29, 0.717) is 0 Å². The van der Waals surface area contributed by atoms with Crippen LogP contribution in [0.5, 0.6) is 0 Å². The minimum atomic E-state index is -1.11. The van der Waals surface area contributed by atoms with Crippen molar-refractivity contribution in [3.05, 3.63) is 70.2 Å². The van der Waals surface area contributed by atoms with Crippen molar-refractivity contribution in [1.29, 1.82) is 0 Å². The van der Waals surface area contributed by atoms with Crippen molar-refractivity contribution < 1.29 is 19.4 Å². The third kappa shape index (κ3) is 5.41. The maximum absolute atomic E-state index is 11.8. The monoisotopic (exact) mass is 377 g/mol. The number of alkyl carbamates (subject to hydrolysis) is 1. The number of halogens is 1. The van der Waals surface area contributed by atoms with Gasteiger partial charge in [0.25, 0.3) is 0 Å². The van der Waals surface area contributed by atoms with E-state index in [2.05, 4.69) is 21.2 Å². The highest BCUT2D eigenvalue weighted by molar-refractivity contribution is 9.10. The fourth-order valence-corrected chi connectivity index (χ4v) is 2.44. The normalized spacial score (nSPS) is 11.5. The number of aliphatic carboxylic acids is 1. The van der Waals surface area contributed by atoms with Gasteiger partial charge in [0.15, 0.2) is 0 Å². The van der Waals surface area contributed by atoms with Crippen molar-refractivity contribution in [2.45, 2.75) is 19.1 Å². The Hall–Kier alpha value is -2.34. The van der Waals surface area contributed by atoms with E-state index in [9.17, 15) is 14.7 Å². The van der Waals surface area contributed by atoms with E-state index in [4.69, 9.17) is 4.74 Å². The lowest BCUT2D eigenvalue weighted by atomic mass is 10.1. The fraction of sp³-hybridized carbons (Fsp3) is 0.176. The molecule has 1 amide bonds. The average molecular weight is 378 g/mol. The largest absolute Gasteiger partial charge is 0.480 e. The Labute approximate surface area is 142 Å². The van der Waals surface area contributed by atoms with Crippen molar-refractivity contribution >= 4 is 28.0 Å². The van der Waals surface area contributed by atoms with Gasteiger partial charge < -0.3 is 15.2 Å². The average Bonchev–Trinajstić information content (AvgIpc) is 2.55. The van der Waals surface area contributed by atoms with Crippen LogP contribution in [0.2, 0.25) is 0 Å². The smallest absolute Gasteiger partial charge is 0.408 e. The highest BCUT2D eigenvalue weighted by Gasteiger charge is 2.22. The summed E-state index contributed by atoms with van der Waals surface area (Å²) in [6.07, 6.45) is -0.592. The number of carbonyl (C=O) groups excluding carboxylic acids is 1. The van der Waals surface area contributed by atoms with Crippen LogP contribution in [0.4, 0.5) is 4.79 Å². The summed E-state index contributed by atoms with van der Waals surface area (Å²) in [5.41, 5.74) is 1.63. The number of benzene rings is 2. The first kappa shape index (κ1) is 17.0. The molecule has 0 heterocycles. The molecular weight excluding hydrogens is 362 g/mol. The molecule has 1 unspecified atom stereocenters. The zero-order chi connectivity index (χ0) is 16.7. The van der Waals surface area contributed by atoms with Crippen LogP contribution < -0.4 is 5.32 Å². The van der Waals surface area contributed by atoms with E-state index in [-0.39, 0.29) is 13.0 Å². The first-order chi connectivity index (χ1) is 11.1. The molecule has 0 saturated carbocycles. The summed E-state index contributed by atoms with van der Waals surface area (Å²) in [5, 5.41) is 11.7. The molecule has 2 N–H and O–H groups in total. The van der Waals surface area contributed by atoms with Gasteiger partial charge in [0.05, 0.1) is 0 Å². The van der Waals surface area contributed by atoms with Crippen LogP contribution in [0.3, 0.4) is 0 Å². The highest BCUT2D eigenvalue weighted by atomic mass is 79.9. The summed E-state index contributed by atoms with van der Waals surface area (Å²) >= 11 is 3.36. The number of ether oxygens (including phenoxy) is 1. The molecule has 0 fully saturated rings. The SMILES string of the molecule is O=C(NC(Cc1ccccc1Br)C(=O)O)OCc1ccccc1. The molecule has 0 aliphatic heterocycles. The summed E-state index contributed by atoms with van der Waals surface area (Å²) in [6, 6.07) is 15.4. The second-order valence-electron chi connectivity index (χ2n) is 4.89. The third-order valence-corrected chi connectivity index (χ3v) is 3.96. The Bertz CT molecular complexity index is 675. The van der Waals surface area contributed by atoms with Gasteiger partial charge >= 0.3 is 12.1 Å². The molecule has 0 aliphatic carbocycles. The van der Waals surface area contributed by atoms with Crippen molar-refractivity contribution in [2.24, 2.45) is 0 Å². The molecule has 120 valence electrons. The Morgan fingerprint density at radius 1 is 1.09 bits per heavy atom. The van der Waals surface area contributed by atoms with Crippen LogP contribution in [0, 0.1) is 0 Å². The zero-order valence-electron chi connectivity index (χ0n) is 12.2. The second-order valence-corrected chi connectivity index (χ2v) is 5.75. The first-order valence-electron chi connectivity index (χ1n) is 6.99. The van der Waals surface area contributed by atoms with Crippen LogP contribution in [0.25, 0.3) is 0 Å². The van der Waals surface area contributed by atoms with Gasteiger partial charge in [-0.3, -0.25) is 0 Å². The van der Waals surface area contributed by atoms with Gasteiger partial charge in [-0.05, 0) is 17.2 Å². The molecule has 2 aromatic rings. The van der Waals surface area contributed by atoms with Crippen LogP contribution in [0.1, 0.15) is 11.1 Å². The highest BCUT2D eigenvalue weighted by Crippen LogP contribution is 2.17. The number of carbonyl (C=O) groups is 2. The molecule has 1 atom stereocenters. The van der Waals surface area contributed by atoms with Crippen molar-refractivity contribution in [2.75, 3.05) is 0 Å². The van der Waals surface area contributed by atoms with Crippen LogP contribution in [-0.2, 0) is 22.6 Å². The van der Waals surface area contributed by atoms with Gasteiger partial charge in [-0.1, -0.05) is 64.5 Å². The maximum Gasteiger partial charge on any atom is 0.408 e. The summed E-state index contributed by atoms with van der Waals surface area (Å²) in [7, 11) is 0. The molecule has 5 nitrogen and oxygen atoms in total. The van der Waals surface area contributed by atoms with E-state index in [0.717, 1.165) is 15.6 Å². The number of rotatable bonds is 6. The van der Waals surface area contributed by atoms with Gasteiger partial charge in [0, 0.05) is 10.9 Å². The van der Waals surface area contributed by atoms with Gasteiger partial charge in [0.2, 0.25) is 0 Å². The van der Waals surface area contributed by atoms with Gasteiger partial charge in [-0.2, -0.15) is 0 Å². The molecule has 6 heteroatoms. The van der Waals surface area contributed by atoms with Gasteiger partial charge in [-0.15, -0.1) is 0 Å². The van der Waals surface area contributed by atoms with E-state index in [1.807, 2.05) is 48.5 Å². The summed E-state index contributed by atoms with van der Waals surface area (Å²) < 4.78 is 5.85. The molecule has 0 aliphatic rings. The number of amides is 1. The van der Waals surface area contributed by atoms with Crippen molar-refractivity contribution in [3.63, 3.8) is 0 Å². The number of carboxylic acid groups (broad SMARTS) is 1. The van der Waals surface area contributed by atoms with Crippen LogP contribution in [-0.4, -0.2) is 23.2 Å².